The van der Waals surface area contributed by atoms with E-state index in [1.807, 2.05) is 38.2 Å². The van der Waals surface area contributed by atoms with E-state index in [2.05, 4.69) is 10.2 Å². The second-order valence-corrected chi connectivity index (χ2v) is 6.14. The Kier molecular flexibility index (Phi) is 5.76. The Morgan fingerprint density at radius 2 is 1.95 bits per heavy atom. The number of rotatable bonds is 5. The summed E-state index contributed by atoms with van der Waals surface area (Å²) in [6, 6.07) is 8.28. The van der Waals surface area contributed by atoms with Gasteiger partial charge in [0, 0.05) is 18.3 Å². The first-order valence-corrected chi connectivity index (χ1v) is 7.76. The smallest absolute Gasteiger partial charge is 0.238 e. The number of amides is 1. The Labute approximate surface area is 127 Å². The monoisotopic (exact) mass is 290 g/mol. The number of nitrogens with one attached hydrogen (secondary N) is 1. The van der Waals surface area contributed by atoms with E-state index in [-0.39, 0.29) is 5.91 Å². The predicted octanol–water partition coefficient (Wildman–Crippen LogP) is 2.42. The Balaban J connectivity index is 1.81. The molecule has 21 heavy (non-hydrogen) atoms. The highest BCUT2D eigenvalue weighted by Gasteiger charge is 2.24. The van der Waals surface area contributed by atoms with E-state index in [1.54, 1.807) is 0 Å². The van der Waals surface area contributed by atoms with Crippen LogP contribution in [0.15, 0.2) is 24.3 Å². The van der Waals surface area contributed by atoms with E-state index in [0.717, 1.165) is 36.9 Å². The minimum absolute atomic E-state index is 0.0380. The van der Waals surface area contributed by atoms with Gasteiger partial charge in [-0.25, -0.2) is 0 Å². The van der Waals surface area contributed by atoms with Crippen LogP contribution in [0.5, 0.6) is 0 Å². The highest BCUT2D eigenvalue weighted by Crippen LogP contribution is 2.26. The second-order valence-electron chi connectivity index (χ2n) is 6.14. The molecule has 1 aromatic rings. The van der Waals surface area contributed by atoms with Gasteiger partial charge in [0.1, 0.15) is 0 Å². The summed E-state index contributed by atoms with van der Waals surface area (Å²) in [6.07, 6.45) is 4.26. The molecule has 1 aliphatic carbocycles. The van der Waals surface area contributed by atoms with Crippen molar-refractivity contribution >= 4 is 11.6 Å². The molecule has 0 radical (unpaired) electrons. The number of aliphatic hydroxyl groups is 1. The molecular formula is C17H26N2O2. The molecule has 1 saturated carbocycles. The summed E-state index contributed by atoms with van der Waals surface area (Å²) >= 11 is 0. The average molecular weight is 290 g/mol. The molecule has 0 aliphatic heterocycles. The number of carbonyl (C=O) groups is 1. The molecule has 0 atom stereocenters. The number of para-hydroxylation sites is 1. The van der Waals surface area contributed by atoms with Gasteiger partial charge >= 0.3 is 0 Å². The molecule has 0 unspecified atom stereocenters. The van der Waals surface area contributed by atoms with Crippen molar-refractivity contribution in [2.75, 3.05) is 25.5 Å². The number of aryl methyl sites for hydroxylation is 1. The van der Waals surface area contributed by atoms with Crippen molar-refractivity contribution < 1.29 is 9.90 Å². The fourth-order valence-corrected chi connectivity index (χ4v) is 3.03. The molecule has 0 heterocycles. The third kappa shape index (κ3) is 4.55. The molecule has 116 valence electrons. The first-order chi connectivity index (χ1) is 10.1. The van der Waals surface area contributed by atoms with Gasteiger partial charge in [-0.05, 0) is 57.2 Å². The quantitative estimate of drug-likeness (QED) is 0.875. The molecule has 1 fully saturated rings. The number of nitrogens with zero attached hydrogens (tertiary/aromatic N) is 1. The van der Waals surface area contributed by atoms with Crippen molar-refractivity contribution in [1.29, 1.82) is 0 Å². The summed E-state index contributed by atoms with van der Waals surface area (Å²) in [4.78, 5) is 14.3. The summed E-state index contributed by atoms with van der Waals surface area (Å²) in [6.45, 7) is 2.71. The minimum Gasteiger partial charge on any atom is -0.396 e. The maximum Gasteiger partial charge on any atom is 0.238 e. The zero-order chi connectivity index (χ0) is 15.2. The van der Waals surface area contributed by atoms with Gasteiger partial charge in [0.15, 0.2) is 0 Å². The van der Waals surface area contributed by atoms with E-state index in [4.69, 9.17) is 0 Å². The number of carbonyl (C=O) groups excluding carboxylic acids is 1. The topological polar surface area (TPSA) is 52.6 Å². The van der Waals surface area contributed by atoms with Gasteiger partial charge in [-0.15, -0.1) is 0 Å². The van der Waals surface area contributed by atoms with Gasteiger partial charge in [0.05, 0.1) is 6.54 Å². The Bertz CT molecular complexity index is 468. The van der Waals surface area contributed by atoms with E-state index in [9.17, 15) is 9.90 Å². The maximum atomic E-state index is 12.1. The van der Waals surface area contributed by atoms with Gasteiger partial charge in [-0.3, -0.25) is 9.69 Å². The van der Waals surface area contributed by atoms with Crippen molar-refractivity contribution in [2.45, 2.75) is 38.6 Å². The molecule has 1 amide bonds. The summed E-state index contributed by atoms with van der Waals surface area (Å²) < 4.78 is 0. The van der Waals surface area contributed by atoms with Gasteiger partial charge in [0.2, 0.25) is 5.91 Å². The average Bonchev–Trinajstić information content (AvgIpc) is 2.49. The molecule has 0 saturated heterocycles. The van der Waals surface area contributed by atoms with Crippen molar-refractivity contribution in [1.82, 2.24) is 4.90 Å². The first-order valence-electron chi connectivity index (χ1n) is 7.76. The van der Waals surface area contributed by atoms with Crippen LogP contribution in [-0.2, 0) is 4.79 Å². The number of aliphatic hydroxyl groups excluding tert-OH is 1. The van der Waals surface area contributed by atoms with Crippen molar-refractivity contribution in [2.24, 2.45) is 5.92 Å². The van der Waals surface area contributed by atoms with Crippen LogP contribution >= 0.6 is 0 Å². The van der Waals surface area contributed by atoms with Gasteiger partial charge in [-0.1, -0.05) is 18.2 Å². The first kappa shape index (κ1) is 16.0. The van der Waals surface area contributed by atoms with Crippen LogP contribution in [0.4, 0.5) is 5.69 Å². The third-order valence-corrected chi connectivity index (χ3v) is 4.51. The van der Waals surface area contributed by atoms with Crippen LogP contribution in [-0.4, -0.2) is 42.2 Å². The zero-order valence-electron chi connectivity index (χ0n) is 13.0. The normalized spacial score (nSPS) is 22.3. The molecule has 2 N–H and O–H groups in total. The van der Waals surface area contributed by atoms with Crippen LogP contribution in [0, 0.1) is 12.8 Å². The molecule has 4 nitrogen and oxygen atoms in total. The number of likely N-dealkylation sites (N-methyl/N-ethyl adjacent to an activating group) is 1. The molecule has 4 heteroatoms. The Morgan fingerprint density at radius 3 is 2.57 bits per heavy atom. The summed E-state index contributed by atoms with van der Waals surface area (Å²) in [5.41, 5.74) is 1.97. The summed E-state index contributed by atoms with van der Waals surface area (Å²) in [5, 5.41) is 12.2. The lowest BCUT2D eigenvalue weighted by Gasteiger charge is -2.33. The lowest BCUT2D eigenvalue weighted by Crippen LogP contribution is -2.40. The van der Waals surface area contributed by atoms with E-state index < -0.39 is 0 Å². The molecule has 2 rings (SSSR count). The van der Waals surface area contributed by atoms with Crippen LogP contribution < -0.4 is 5.32 Å². The van der Waals surface area contributed by atoms with Crippen LogP contribution in [0.3, 0.4) is 0 Å². The van der Waals surface area contributed by atoms with Crippen LogP contribution in [0.25, 0.3) is 0 Å². The standard InChI is InChI=1S/C17H26N2O2/c1-13-5-3-4-6-16(13)18-17(21)11-19(2)15-9-7-14(12-20)8-10-15/h3-6,14-15,20H,7-12H2,1-2H3,(H,18,21). The van der Waals surface area contributed by atoms with Gasteiger partial charge < -0.3 is 10.4 Å². The molecule has 0 aromatic heterocycles. The van der Waals surface area contributed by atoms with Crippen LogP contribution in [0.2, 0.25) is 0 Å². The number of benzene rings is 1. The fourth-order valence-electron chi connectivity index (χ4n) is 3.03. The lowest BCUT2D eigenvalue weighted by molar-refractivity contribution is -0.117. The van der Waals surface area contributed by atoms with Crippen LogP contribution in [0.1, 0.15) is 31.2 Å². The molecule has 0 bridgehead atoms. The molecular weight excluding hydrogens is 264 g/mol. The van der Waals surface area contributed by atoms with E-state index in [1.165, 1.54) is 0 Å². The highest BCUT2D eigenvalue weighted by molar-refractivity contribution is 5.92. The Hall–Kier alpha value is -1.39. The van der Waals surface area contributed by atoms with Gasteiger partial charge in [-0.2, -0.15) is 0 Å². The fraction of sp³-hybridized carbons (Fsp3) is 0.588. The van der Waals surface area contributed by atoms with Crippen molar-refractivity contribution in [3.63, 3.8) is 0 Å². The maximum absolute atomic E-state index is 12.1. The lowest BCUT2D eigenvalue weighted by atomic mass is 9.86. The van der Waals surface area contributed by atoms with E-state index >= 15 is 0 Å². The SMILES string of the molecule is Cc1ccccc1NC(=O)CN(C)C1CCC(CO)CC1. The summed E-state index contributed by atoms with van der Waals surface area (Å²) in [7, 11) is 2.02. The van der Waals surface area contributed by atoms with Crippen molar-refractivity contribution in [3.05, 3.63) is 29.8 Å². The minimum atomic E-state index is 0.0380. The largest absolute Gasteiger partial charge is 0.396 e. The number of anilines is 1. The predicted molar refractivity (Wildman–Crippen MR) is 85.3 cm³/mol. The zero-order valence-corrected chi connectivity index (χ0v) is 13.0. The summed E-state index contributed by atoms with van der Waals surface area (Å²) in [5.74, 6) is 0.492. The molecule has 1 aliphatic rings. The van der Waals surface area contributed by atoms with E-state index in [0.29, 0.717) is 25.1 Å². The second kappa shape index (κ2) is 7.57. The number of hydrogen-bond acceptors (Lipinski definition) is 3. The molecule has 0 spiro atoms. The van der Waals surface area contributed by atoms with Gasteiger partial charge in [0.25, 0.3) is 0 Å². The number of hydrogen-bond donors (Lipinski definition) is 2. The highest BCUT2D eigenvalue weighted by atomic mass is 16.3. The third-order valence-electron chi connectivity index (χ3n) is 4.51. The molecule has 1 aromatic carbocycles. The van der Waals surface area contributed by atoms with Crippen molar-refractivity contribution in [3.8, 4) is 0 Å². The Morgan fingerprint density at radius 1 is 1.29 bits per heavy atom.